The second kappa shape index (κ2) is 10.0. The van der Waals surface area contributed by atoms with Crippen molar-refractivity contribution < 1.29 is 13.6 Å². The lowest BCUT2D eigenvalue weighted by Crippen LogP contribution is -2.47. The van der Waals surface area contributed by atoms with Crippen molar-refractivity contribution in [2.45, 2.75) is 18.3 Å². The number of pyridine rings is 1. The number of fused-ring (bicyclic) bond motifs is 1. The molecule has 36 heavy (non-hydrogen) atoms. The lowest BCUT2D eigenvalue weighted by Gasteiger charge is -2.40. The summed E-state index contributed by atoms with van der Waals surface area (Å²) in [6.07, 6.45) is 4.62. The molecule has 0 bridgehead atoms. The quantitative estimate of drug-likeness (QED) is 0.481. The molecule has 3 aromatic rings. The number of hydrogen-bond donors (Lipinski definition) is 0. The van der Waals surface area contributed by atoms with Crippen LogP contribution in [0, 0.1) is 23.0 Å². The number of nitrogens with zero attached hydrogens (tertiary/aromatic N) is 5. The lowest BCUT2D eigenvalue weighted by molar-refractivity contribution is 0.0704. The van der Waals surface area contributed by atoms with E-state index in [1.54, 1.807) is 16.8 Å². The number of aromatic nitrogens is 1. The Morgan fingerprint density at radius 3 is 2.33 bits per heavy atom. The number of anilines is 1. The highest BCUT2D eigenvalue weighted by Crippen LogP contribution is 2.40. The van der Waals surface area contributed by atoms with E-state index in [4.69, 9.17) is 0 Å². The zero-order valence-corrected chi connectivity index (χ0v) is 20.9. The van der Waals surface area contributed by atoms with Crippen LogP contribution < -0.4 is 4.90 Å². The molecular weight excluding hydrogens is 480 g/mol. The number of piperazine rings is 1. The zero-order valence-electron chi connectivity index (χ0n) is 20.1. The van der Waals surface area contributed by atoms with Crippen LogP contribution in [0.3, 0.4) is 0 Å². The van der Waals surface area contributed by atoms with Crippen LogP contribution in [0.15, 0.2) is 48.7 Å². The molecule has 0 radical (unpaired) electrons. The largest absolute Gasteiger partial charge is 0.370 e. The van der Waals surface area contributed by atoms with Crippen LogP contribution in [-0.2, 0) is 5.41 Å². The SMILES string of the molecule is CSN1CCN(C(=O)c2cnc3cc(F)c(F)cc3c2N2CCC(C#N)(c3ccccc3)CC2)CC1. The molecule has 6 nitrogen and oxygen atoms in total. The number of amides is 1. The monoisotopic (exact) mass is 507 g/mol. The highest BCUT2D eigenvalue weighted by molar-refractivity contribution is 7.96. The predicted octanol–water partition coefficient (Wildman–Crippen LogP) is 4.61. The van der Waals surface area contributed by atoms with Gasteiger partial charge in [0.25, 0.3) is 5.91 Å². The molecule has 2 aliphatic rings. The van der Waals surface area contributed by atoms with Crippen LogP contribution in [0.25, 0.3) is 10.9 Å². The summed E-state index contributed by atoms with van der Waals surface area (Å²) >= 11 is 1.66. The van der Waals surface area contributed by atoms with Gasteiger partial charge in [-0.25, -0.2) is 13.1 Å². The number of carbonyl (C=O) groups is 1. The van der Waals surface area contributed by atoms with E-state index < -0.39 is 17.0 Å². The molecule has 5 rings (SSSR count). The third kappa shape index (κ3) is 4.40. The first-order valence-electron chi connectivity index (χ1n) is 12.0. The molecule has 1 amide bonds. The van der Waals surface area contributed by atoms with Crippen molar-refractivity contribution in [1.82, 2.24) is 14.2 Å². The van der Waals surface area contributed by atoms with E-state index in [-0.39, 0.29) is 5.91 Å². The van der Waals surface area contributed by atoms with Crippen molar-refractivity contribution in [2.75, 3.05) is 50.4 Å². The number of piperidine rings is 1. The fourth-order valence-electron chi connectivity index (χ4n) is 5.25. The van der Waals surface area contributed by atoms with Gasteiger partial charge in [-0.2, -0.15) is 5.26 Å². The number of benzene rings is 2. The van der Waals surface area contributed by atoms with Gasteiger partial charge in [0.05, 0.1) is 28.3 Å². The molecule has 0 unspecified atom stereocenters. The second-order valence-electron chi connectivity index (χ2n) is 9.25. The van der Waals surface area contributed by atoms with E-state index >= 15 is 0 Å². The van der Waals surface area contributed by atoms with Crippen LogP contribution in [0.4, 0.5) is 14.5 Å². The first-order chi connectivity index (χ1) is 17.5. The summed E-state index contributed by atoms with van der Waals surface area (Å²) in [4.78, 5) is 21.8. The van der Waals surface area contributed by atoms with E-state index in [2.05, 4.69) is 15.4 Å². The number of halogens is 2. The molecular formula is C27H27F2N5OS. The van der Waals surface area contributed by atoms with Gasteiger partial charge in [0.2, 0.25) is 0 Å². The molecule has 2 saturated heterocycles. The highest BCUT2D eigenvalue weighted by Gasteiger charge is 2.38. The van der Waals surface area contributed by atoms with Gasteiger partial charge in [-0.3, -0.25) is 9.78 Å². The van der Waals surface area contributed by atoms with E-state index in [1.165, 1.54) is 6.20 Å². The van der Waals surface area contributed by atoms with Gasteiger partial charge in [-0.1, -0.05) is 42.3 Å². The van der Waals surface area contributed by atoms with Crippen molar-refractivity contribution >= 4 is 34.4 Å². The number of hydrogen-bond acceptors (Lipinski definition) is 6. The Kier molecular flexibility index (Phi) is 6.82. The summed E-state index contributed by atoms with van der Waals surface area (Å²) in [6, 6.07) is 14.5. The maximum absolute atomic E-state index is 14.4. The van der Waals surface area contributed by atoms with Crippen LogP contribution in [0.1, 0.15) is 28.8 Å². The number of carbonyl (C=O) groups excluding carboxylic acids is 1. The first kappa shape index (κ1) is 24.5. The third-order valence-corrected chi connectivity index (χ3v) is 8.25. The topological polar surface area (TPSA) is 63.5 Å². The van der Waals surface area contributed by atoms with E-state index in [1.807, 2.05) is 41.5 Å². The van der Waals surface area contributed by atoms with Crippen molar-refractivity contribution in [1.29, 1.82) is 5.26 Å². The Morgan fingerprint density at radius 2 is 1.69 bits per heavy atom. The highest BCUT2D eigenvalue weighted by atomic mass is 32.2. The second-order valence-corrected chi connectivity index (χ2v) is 10.1. The van der Waals surface area contributed by atoms with Crippen LogP contribution in [0.5, 0.6) is 0 Å². The average molecular weight is 508 g/mol. The third-order valence-electron chi connectivity index (χ3n) is 7.37. The Hall–Kier alpha value is -3.22. The minimum atomic E-state index is -0.976. The molecule has 9 heteroatoms. The van der Waals surface area contributed by atoms with E-state index in [0.29, 0.717) is 61.2 Å². The van der Waals surface area contributed by atoms with Gasteiger partial charge in [0.15, 0.2) is 11.6 Å². The smallest absolute Gasteiger partial charge is 0.257 e. The molecule has 0 aliphatic carbocycles. The van der Waals surface area contributed by atoms with E-state index in [9.17, 15) is 18.8 Å². The molecule has 0 atom stereocenters. The Bertz CT molecular complexity index is 1310. The minimum Gasteiger partial charge on any atom is -0.370 e. The molecule has 2 fully saturated rings. The Morgan fingerprint density at radius 1 is 1.03 bits per heavy atom. The molecule has 1 aromatic heterocycles. The van der Waals surface area contributed by atoms with Gasteiger partial charge < -0.3 is 9.80 Å². The summed E-state index contributed by atoms with van der Waals surface area (Å²) in [5, 5.41) is 10.5. The fourth-order valence-corrected chi connectivity index (χ4v) is 5.78. The predicted molar refractivity (Wildman–Crippen MR) is 138 cm³/mol. The van der Waals surface area contributed by atoms with Crippen molar-refractivity contribution in [2.24, 2.45) is 0 Å². The lowest BCUT2D eigenvalue weighted by atomic mass is 9.74. The molecule has 3 heterocycles. The van der Waals surface area contributed by atoms with E-state index in [0.717, 1.165) is 30.8 Å². The normalized spacial score (nSPS) is 18.3. The molecule has 2 aromatic carbocycles. The summed E-state index contributed by atoms with van der Waals surface area (Å²) in [7, 11) is 0. The van der Waals surface area contributed by atoms with Gasteiger partial charge in [-0.05, 0) is 30.7 Å². The number of rotatable bonds is 4. The minimum absolute atomic E-state index is 0.162. The average Bonchev–Trinajstić information content (AvgIpc) is 2.93. The van der Waals surface area contributed by atoms with Gasteiger partial charge in [-0.15, -0.1) is 0 Å². The van der Waals surface area contributed by atoms with Crippen LogP contribution >= 0.6 is 11.9 Å². The van der Waals surface area contributed by atoms with Gasteiger partial charge >= 0.3 is 0 Å². The maximum Gasteiger partial charge on any atom is 0.257 e. The summed E-state index contributed by atoms with van der Waals surface area (Å²) in [6.45, 7) is 3.69. The molecule has 0 saturated carbocycles. The molecule has 2 aliphatic heterocycles. The summed E-state index contributed by atoms with van der Waals surface area (Å²) < 4.78 is 30.6. The molecule has 0 N–H and O–H groups in total. The summed E-state index contributed by atoms with van der Waals surface area (Å²) in [5.41, 5.74) is 1.60. The van der Waals surface area contributed by atoms with Crippen LogP contribution in [0.2, 0.25) is 0 Å². The fraction of sp³-hybridized carbons (Fsp3) is 0.370. The number of nitriles is 1. The summed E-state index contributed by atoms with van der Waals surface area (Å²) in [5.74, 6) is -2.11. The molecule has 186 valence electrons. The van der Waals surface area contributed by atoms with Crippen molar-refractivity contribution in [3.05, 3.63) is 71.4 Å². The first-order valence-corrected chi connectivity index (χ1v) is 13.2. The molecule has 0 spiro atoms. The van der Waals surface area contributed by atoms with Crippen LogP contribution in [-0.4, -0.2) is 65.6 Å². The van der Waals surface area contributed by atoms with Gasteiger partial charge in [0, 0.05) is 56.9 Å². The van der Waals surface area contributed by atoms with Crippen molar-refractivity contribution in [3.63, 3.8) is 0 Å². The standard InChI is InChI=1S/C27H27F2N5OS/c1-36-34-13-11-33(12-14-34)26(35)21-17-31-24-16-23(29)22(28)15-20(24)25(21)32-9-7-27(18-30,8-10-32)19-5-3-2-4-6-19/h2-6,15-17H,7-14H2,1H3. The Labute approximate surface area is 213 Å². The maximum atomic E-state index is 14.4. The Balaban J connectivity index is 1.52. The zero-order chi connectivity index (χ0) is 25.3. The van der Waals surface area contributed by atoms with Crippen molar-refractivity contribution in [3.8, 4) is 6.07 Å². The van der Waals surface area contributed by atoms with Gasteiger partial charge in [0.1, 0.15) is 0 Å².